The van der Waals surface area contributed by atoms with Crippen LogP contribution in [0.25, 0.3) is 0 Å². The van der Waals surface area contributed by atoms with Gasteiger partial charge in [-0.1, -0.05) is 24.4 Å². The molecule has 0 bridgehead atoms. The molecule has 0 aliphatic heterocycles. The van der Waals surface area contributed by atoms with Gasteiger partial charge in [-0.3, -0.25) is 0 Å². The molecule has 0 radical (unpaired) electrons. The molecule has 3 nitrogen and oxygen atoms in total. The van der Waals surface area contributed by atoms with Crippen molar-refractivity contribution in [2.24, 2.45) is 11.7 Å². The number of aliphatic hydroxyl groups excluding tert-OH is 1. The number of hydrogen-bond donors (Lipinski definition) is 3. The van der Waals surface area contributed by atoms with Crippen LogP contribution in [-0.4, -0.2) is 11.2 Å². The predicted molar refractivity (Wildman–Crippen MR) is 78.0 cm³/mol. The van der Waals surface area contributed by atoms with Crippen molar-refractivity contribution in [3.63, 3.8) is 0 Å². The Morgan fingerprint density at radius 2 is 1.89 bits per heavy atom. The average molecular weight is 291 g/mol. The van der Waals surface area contributed by atoms with Crippen LogP contribution in [-0.2, 0) is 0 Å². The van der Waals surface area contributed by atoms with Gasteiger partial charge in [-0.25, -0.2) is 0 Å². The van der Waals surface area contributed by atoms with Crippen molar-refractivity contribution in [2.45, 2.75) is 37.8 Å². The van der Waals surface area contributed by atoms with Crippen LogP contribution in [0.15, 0.2) is 18.2 Å². The summed E-state index contributed by atoms with van der Waals surface area (Å²) < 4.78 is 0. The van der Waals surface area contributed by atoms with Crippen molar-refractivity contribution in [3.8, 4) is 0 Å². The fourth-order valence-electron chi connectivity index (χ4n) is 2.61. The van der Waals surface area contributed by atoms with Gasteiger partial charge in [0, 0.05) is 10.7 Å². The molecule has 0 saturated heterocycles. The van der Waals surface area contributed by atoms with Crippen LogP contribution < -0.4 is 11.5 Å². The molecule has 0 heterocycles. The number of nitrogens with two attached hydrogens (primary N) is 2. The minimum atomic E-state index is -0.529. The van der Waals surface area contributed by atoms with Gasteiger partial charge in [-0.15, -0.1) is 12.4 Å². The van der Waals surface area contributed by atoms with Crippen LogP contribution in [0.2, 0.25) is 5.02 Å². The average Bonchev–Trinajstić information content (AvgIpc) is 2.84. The summed E-state index contributed by atoms with van der Waals surface area (Å²) in [7, 11) is 0. The zero-order valence-corrected chi connectivity index (χ0v) is 11.8. The lowest BCUT2D eigenvalue weighted by Crippen LogP contribution is -2.32. The Morgan fingerprint density at radius 3 is 2.50 bits per heavy atom. The second-order valence-corrected chi connectivity index (χ2v) is 5.27. The molecule has 0 aromatic heterocycles. The summed E-state index contributed by atoms with van der Waals surface area (Å²) in [5, 5.41) is 10.9. The van der Waals surface area contributed by atoms with Gasteiger partial charge in [0.05, 0.1) is 12.1 Å². The molecule has 1 aliphatic rings. The highest BCUT2D eigenvalue weighted by Crippen LogP contribution is 2.34. The van der Waals surface area contributed by atoms with Crippen LogP contribution >= 0.6 is 24.0 Å². The third-order valence-corrected chi connectivity index (χ3v) is 3.89. The summed E-state index contributed by atoms with van der Waals surface area (Å²) in [5.41, 5.74) is 13.3. The Hall–Kier alpha value is -0.480. The lowest BCUT2D eigenvalue weighted by Gasteiger charge is -2.25. The van der Waals surface area contributed by atoms with E-state index in [4.69, 9.17) is 23.1 Å². The fraction of sp³-hybridized carbons (Fsp3) is 0.538. The Morgan fingerprint density at radius 1 is 1.28 bits per heavy atom. The first-order valence-electron chi connectivity index (χ1n) is 6.08. The molecule has 1 aromatic carbocycles. The van der Waals surface area contributed by atoms with E-state index in [0.717, 1.165) is 18.4 Å². The number of hydrogen-bond acceptors (Lipinski definition) is 3. The molecule has 1 saturated carbocycles. The minimum Gasteiger partial charge on any atom is -0.398 e. The Balaban J connectivity index is 0.00000162. The first-order chi connectivity index (χ1) is 8.09. The van der Waals surface area contributed by atoms with Crippen LogP contribution in [0.5, 0.6) is 0 Å². The number of halogens is 2. The molecule has 18 heavy (non-hydrogen) atoms. The summed E-state index contributed by atoms with van der Waals surface area (Å²) in [6.07, 6.45) is 3.93. The number of rotatable bonds is 3. The molecule has 0 spiro atoms. The highest BCUT2D eigenvalue weighted by molar-refractivity contribution is 6.30. The maximum absolute atomic E-state index is 10.3. The summed E-state index contributed by atoms with van der Waals surface area (Å²) >= 11 is 5.93. The van der Waals surface area contributed by atoms with Gasteiger partial charge in [0.2, 0.25) is 0 Å². The van der Waals surface area contributed by atoms with E-state index in [0.29, 0.717) is 16.6 Å². The van der Waals surface area contributed by atoms with Gasteiger partial charge in [0.1, 0.15) is 0 Å². The SMILES string of the molecule is Cl.Nc1ccc(Cl)cc1[C@@H](N)[C@@H](O)C1CCCC1. The highest BCUT2D eigenvalue weighted by atomic mass is 35.5. The van der Waals surface area contributed by atoms with Crippen LogP contribution in [0.3, 0.4) is 0 Å². The van der Waals surface area contributed by atoms with Gasteiger partial charge in [0.25, 0.3) is 0 Å². The third-order valence-electron chi connectivity index (χ3n) is 3.66. The van der Waals surface area contributed by atoms with Crippen molar-refractivity contribution >= 4 is 29.7 Å². The van der Waals surface area contributed by atoms with Crippen molar-refractivity contribution in [1.82, 2.24) is 0 Å². The first kappa shape index (κ1) is 15.6. The predicted octanol–water partition coefficient (Wildman–Crippen LogP) is 2.89. The van der Waals surface area contributed by atoms with Crippen LogP contribution in [0, 0.1) is 5.92 Å². The molecule has 1 fully saturated rings. The zero-order valence-electron chi connectivity index (χ0n) is 10.2. The van der Waals surface area contributed by atoms with E-state index in [1.165, 1.54) is 12.8 Å². The lowest BCUT2D eigenvalue weighted by atomic mass is 9.90. The Bertz CT molecular complexity index is 395. The van der Waals surface area contributed by atoms with E-state index < -0.39 is 12.1 Å². The number of nitrogen functional groups attached to an aromatic ring is 1. The Labute approximate surface area is 119 Å². The molecular weight excluding hydrogens is 271 g/mol. The maximum Gasteiger partial charge on any atom is 0.0761 e. The minimum absolute atomic E-state index is 0. The van der Waals surface area contributed by atoms with Crippen molar-refractivity contribution in [1.29, 1.82) is 0 Å². The summed E-state index contributed by atoms with van der Waals surface area (Å²) in [6.45, 7) is 0. The van der Waals surface area contributed by atoms with Crippen molar-refractivity contribution < 1.29 is 5.11 Å². The van der Waals surface area contributed by atoms with Crippen LogP contribution in [0.1, 0.15) is 37.3 Å². The first-order valence-corrected chi connectivity index (χ1v) is 6.46. The van der Waals surface area contributed by atoms with Gasteiger partial charge in [-0.2, -0.15) is 0 Å². The Kier molecular flexibility index (Phi) is 5.73. The van der Waals surface area contributed by atoms with Crippen molar-refractivity contribution in [3.05, 3.63) is 28.8 Å². The molecule has 0 amide bonds. The smallest absolute Gasteiger partial charge is 0.0761 e. The molecule has 2 atom stereocenters. The summed E-state index contributed by atoms with van der Waals surface area (Å²) in [6, 6.07) is 4.77. The zero-order chi connectivity index (χ0) is 12.4. The van der Waals surface area contributed by atoms with Gasteiger partial charge in [0.15, 0.2) is 0 Å². The third kappa shape index (κ3) is 3.29. The van der Waals surface area contributed by atoms with E-state index >= 15 is 0 Å². The molecular formula is C13H20Cl2N2O. The quantitative estimate of drug-likeness (QED) is 0.750. The van der Waals surface area contributed by atoms with E-state index in [1.807, 2.05) is 0 Å². The molecule has 102 valence electrons. The molecule has 5 N–H and O–H groups in total. The maximum atomic E-state index is 10.3. The van der Waals surface area contributed by atoms with E-state index in [-0.39, 0.29) is 12.4 Å². The van der Waals surface area contributed by atoms with E-state index in [2.05, 4.69) is 0 Å². The number of aliphatic hydroxyl groups is 1. The van der Waals surface area contributed by atoms with Crippen molar-refractivity contribution in [2.75, 3.05) is 5.73 Å². The van der Waals surface area contributed by atoms with Gasteiger partial charge >= 0.3 is 0 Å². The fourth-order valence-corrected chi connectivity index (χ4v) is 2.79. The second kappa shape index (κ2) is 6.62. The van der Waals surface area contributed by atoms with Gasteiger partial charge in [-0.05, 0) is 42.5 Å². The standard InChI is InChI=1S/C13H19ClN2O.ClH/c14-9-5-6-11(15)10(7-9)12(16)13(17)8-3-1-2-4-8;/h5-8,12-13,17H,1-4,15-16H2;1H/t12-,13+;/m1./s1. The summed E-state index contributed by atoms with van der Waals surface area (Å²) in [4.78, 5) is 0. The number of benzene rings is 1. The largest absolute Gasteiger partial charge is 0.398 e. The second-order valence-electron chi connectivity index (χ2n) is 4.83. The topological polar surface area (TPSA) is 72.3 Å². The molecule has 2 rings (SSSR count). The molecule has 0 unspecified atom stereocenters. The molecule has 1 aromatic rings. The monoisotopic (exact) mass is 290 g/mol. The summed E-state index contributed by atoms with van der Waals surface area (Å²) in [5.74, 6) is 0.295. The van der Waals surface area contributed by atoms with E-state index in [1.54, 1.807) is 18.2 Å². The lowest BCUT2D eigenvalue weighted by molar-refractivity contribution is 0.0847. The molecule has 1 aliphatic carbocycles. The number of anilines is 1. The molecule has 5 heteroatoms. The highest BCUT2D eigenvalue weighted by Gasteiger charge is 2.29. The van der Waals surface area contributed by atoms with Gasteiger partial charge < -0.3 is 16.6 Å². The van der Waals surface area contributed by atoms with E-state index in [9.17, 15) is 5.11 Å². The van der Waals surface area contributed by atoms with Crippen LogP contribution in [0.4, 0.5) is 5.69 Å². The normalized spacial score (nSPS) is 19.3.